The van der Waals surface area contributed by atoms with E-state index in [4.69, 9.17) is 4.74 Å². The number of ether oxygens (including phenoxy) is 1. The van der Waals surface area contributed by atoms with Crippen molar-refractivity contribution in [2.45, 2.75) is 24.4 Å². The van der Waals surface area contributed by atoms with Crippen molar-refractivity contribution in [3.8, 4) is 0 Å². The minimum absolute atomic E-state index is 0.120. The van der Waals surface area contributed by atoms with Gasteiger partial charge in [-0.3, -0.25) is 0 Å². The first-order chi connectivity index (χ1) is 10.2. The van der Waals surface area contributed by atoms with Gasteiger partial charge in [0, 0.05) is 10.8 Å². The maximum Gasteiger partial charge on any atom is 0.118 e. The van der Waals surface area contributed by atoms with E-state index < -0.39 is 12.2 Å². The number of benzene rings is 2. The third kappa shape index (κ3) is 1.47. The van der Waals surface area contributed by atoms with Crippen LogP contribution in [0.25, 0.3) is 21.8 Å². The fourth-order valence-electron chi connectivity index (χ4n) is 3.44. The summed E-state index contributed by atoms with van der Waals surface area (Å²) in [7, 11) is 0. The zero-order chi connectivity index (χ0) is 14.1. The third-order valence-electron chi connectivity index (χ3n) is 4.56. The van der Waals surface area contributed by atoms with E-state index in [0.29, 0.717) is 0 Å². The fraction of sp³-hybridized carbons (Fsp3) is 0.235. The molecular weight excluding hydrogens is 266 g/mol. The van der Waals surface area contributed by atoms with Crippen molar-refractivity contribution in [2.75, 3.05) is 0 Å². The number of pyridine rings is 1. The van der Waals surface area contributed by atoms with Crippen LogP contribution in [0.15, 0.2) is 42.5 Å². The lowest BCUT2D eigenvalue weighted by Gasteiger charge is -2.24. The van der Waals surface area contributed by atoms with Crippen LogP contribution in [0.1, 0.15) is 23.3 Å². The Kier molecular flexibility index (Phi) is 2.10. The van der Waals surface area contributed by atoms with Crippen LogP contribution in [-0.2, 0) is 4.74 Å². The van der Waals surface area contributed by atoms with Crippen LogP contribution in [0.2, 0.25) is 0 Å². The number of nitrogens with zero attached hydrogens (tertiary/aromatic N) is 1. The molecule has 2 unspecified atom stereocenters. The Labute approximate surface area is 120 Å². The topological polar surface area (TPSA) is 65.9 Å². The van der Waals surface area contributed by atoms with Crippen LogP contribution in [0.4, 0.5) is 0 Å². The first-order valence-corrected chi connectivity index (χ1v) is 7.08. The van der Waals surface area contributed by atoms with Crippen LogP contribution in [0, 0.1) is 0 Å². The summed E-state index contributed by atoms with van der Waals surface area (Å²) in [5, 5.41) is 22.3. The molecule has 2 N–H and O–H groups in total. The average molecular weight is 279 g/mol. The molecule has 1 aliphatic carbocycles. The number of fused-ring (bicyclic) bond motifs is 6. The summed E-state index contributed by atoms with van der Waals surface area (Å²) < 4.78 is 5.57. The standard InChI is InChI=1S/C17H13NO3/c19-14-9-5-6-12-10(13(9)16-17(21-16)15(14)20)7-8-3-1-2-4-11(8)18-12/h1-7,14-17,19-20H/t14?,15-,16?,17+/m0/s1. The molecule has 21 heavy (non-hydrogen) atoms. The Balaban J connectivity index is 1.87. The molecule has 4 nitrogen and oxygen atoms in total. The Morgan fingerprint density at radius 3 is 2.76 bits per heavy atom. The van der Waals surface area contributed by atoms with Crippen LogP contribution < -0.4 is 0 Å². The Hall–Kier alpha value is -2.01. The molecule has 1 aliphatic heterocycles. The van der Waals surface area contributed by atoms with E-state index in [9.17, 15) is 10.2 Å². The lowest BCUT2D eigenvalue weighted by molar-refractivity contribution is 0.000104. The first-order valence-electron chi connectivity index (χ1n) is 7.08. The van der Waals surface area contributed by atoms with Gasteiger partial charge in [-0.2, -0.15) is 0 Å². The van der Waals surface area contributed by atoms with E-state index >= 15 is 0 Å². The van der Waals surface area contributed by atoms with Gasteiger partial charge < -0.3 is 14.9 Å². The monoisotopic (exact) mass is 279 g/mol. The molecule has 1 saturated heterocycles. The Morgan fingerprint density at radius 2 is 1.86 bits per heavy atom. The zero-order valence-corrected chi connectivity index (χ0v) is 11.1. The largest absolute Gasteiger partial charge is 0.387 e. The summed E-state index contributed by atoms with van der Waals surface area (Å²) in [4.78, 5) is 4.68. The van der Waals surface area contributed by atoms with Crippen molar-refractivity contribution in [1.29, 1.82) is 0 Å². The molecule has 2 heterocycles. The van der Waals surface area contributed by atoms with Gasteiger partial charge in [0.25, 0.3) is 0 Å². The second-order valence-corrected chi connectivity index (χ2v) is 5.77. The molecule has 2 aliphatic rings. The summed E-state index contributed by atoms with van der Waals surface area (Å²) in [5.41, 5.74) is 3.58. The van der Waals surface area contributed by atoms with Gasteiger partial charge in [-0.15, -0.1) is 0 Å². The van der Waals surface area contributed by atoms with Gasteiger partial charge >= 0.3 is 0 Å². The predicted molar refractivity (Wildman–Crippen MR) is 77.8 cm³/mol. The van der Waals surface area contributed by atoms with Gasteiger partial charge in [0.2, 0.25) is 0 Å². The number of aliphatic hydroxyl groups excluding tert-OH is 2. The number of aromatic nitrogens is 1. The highest BCUT2D eigenvalue weighted by Crippen LogP contribution is 2.52. The highest BCUT2D eigenvalue weighted by Gasteiger charge is 2.54. The summed E-state index contributed by atoms with van der Waals surface area (Å²) in [5.74, 6) is 0. The molecule has 1 fully saturated rings. The lowest BCUT2D eigenvalue weighted by Crippen LogP contribution is -2.29. The first kappa shape index (κ1) is 11.6. The lowest BCUT2D eigenvalue weighted by atomic mass is 9.85. The molecule has 0 spiro atoms. The van der Waals surface area contributed by atoms with Crippen LogP contribution >= 0.6 is 0 Å². The number of para-hydroxylation sites is 1. The zero-order valence-electron chi connectivity index (χ0n) is 11.1. The van der Waals surface area contributed by atoms with Gasteiger partial charge in [0.1, 0.15) is 24.4 Å². The molecule has 0 bridgehead atoms. The van der Waals surface area contributed by atoms with Crippen molar-refractivity contribution < 1.29 is 14.9 Å². The number of epoxide rings is 1. The number of rotatable bonds is 0. The van der Waals surface area contributed by atoms with Gasteiger partial charge in [-0.05, 0) is 29.3 Å². The molecule has 5 rings (SSSR count). The molecule has 104 valence electrons. The Bertz CT molecular complexity index is 892. The maximum absolute atomic E-state index is 10.2. The third-order valence-corrected chi connectivity index (χ3v) is 4.56. The van der Waals surface area contributed by atoms with Gasteiger partial charge in [-0.1, -0.05) is 24.3 Å². The average Bonchev–Trinajstić information content (AvgIpc) is 3.30. The van der Waals surface area contributed by atoms with Crippen molar-refractivity contribution in [2.24, 2.45) is 0 Å². The maximum atomic E-state index is 10.2. The summed E-state index contributed by atoms with van der Waals surface area (Å²) in [6.07, 6.45) is -2.14. The van der Waals surface area contributed by atoms with Crippen molar-refractivity contribution in [1.82, 2.24) is 4.98 Å². The van der Waals surface area contributed by atoms with E-state index in [1.807, 2.05) is 36.4 Å². The second kappa shape index (κ2) is 3.80. The minimum Gasteiger partial charge on any atom is -0.387 e. The summed E-state index contributed by atoms with van der Waals surface area (Å²) in [6.45, 7) is 0. The van der Waals surface area contributed by atoms with E-state index in [2.05, 4.69) is 11.1 Å². The highest BCUT2D eigenvalue weighted by atomic mass is 16.6. The quantitative estimate of drug-likeness (QED) is 0.489. The van der Waals surface area contributed by atoms with Crippen LogP contribution in [0.5, 0.6) is 0 Å². The van der Waals surface area contributed by atoms with Crippen molar-refractivity contribution in [3.63, 3.8) is 0 Å². The molecule has 4 heteroatoms. The van der Waals surface area contributed by atoms with Gasteiger partial charge in [-0.25, -0.2) is 4.98 Å². The van der Waals surface area contributed by atoms with Crippen LogP contribution in [0.3, 0.4) is 0 Å². The van der Waals surface area contributed by atoms with E-state index in [-0.39, 0.29) is 12.2 Å². The number of aliphatic hydroxyl groups is 2. The molecule has 0 radical (unpaired) electrons. The normalized spacial score (nSPS) is 30.2. The minimum atomic E-state index is -0.889. The highest BCUT2D eigenvalue weighted by molar-refractivity contribution is 5.95. The van der Waals surface area contributed by atoms with Gasteiger partial charge in [0.05, 0.1) is 11.0 Å². The molecule has 4 atom stereocenters. The molecule has 3 aromatic rings. The van der Waals surface area contributed by atoms with Gasteiger partial charge in [0.15, 0.2) is 0 Å². The summed E-state index contributed by atoms with van der Waals surface area (Å²) >= 11 is 0. The molecule has 0 amide bonds. The smallest absolute Gasteiger partial charge is 0.118 e. The molecule has 1 aromatic heterocycles. The Morgan fingerprint density at radius 1 is 1.00 bits per heavy atom. The van der Waals surface area contributed by atoms with Crippen molar-refractivity contribution >= 4 is 21.8 Å². The van der Waals surface area contributed by atoms with E-state index in [1.54, 1.807) is 0 Å². The SMILES string of the molecule is OC1c2ccc3nc4ccccc4cc3c2C2O[C@@H]2[C@H]1O. The molecular formula is C17H13NO3. The molecule has 2 aromatic carbocycles. The van der Waals surface area contributed by atoms with E-state index in [0.717, 1.165) is 32.9 Å². The van der Waals surface area contributed by atoms with Crippen molar-refractivity contribution in [3.05, 3.63) is 53.6 Å². The second-order valence-electron chi connectivity index (χ2n) is 5.77. The van der Waals surface area contributed by atoms with Crippen LogP contribution in [-0.4, -0.2) is 27.4 Å². The fourth-order valence-corrected chi connectivity index (χ4v) is 3.44. The number of hydrogen-bond acceptors (Lipinski definition) is 4. The molecule has 0 saturated carbocycles. The number of hydrogen-bond donors (Lipinski definition) is 2. The summed E-state index contributed by atoms with van der Waals surface area (Å²) in [6, 6.07) is 13.8. The predicted octanol–water partition coefficient (Wildman–Crippen LogP) is 2.24. The van der Waals surface area contributed by atoms with E-state index in [1.165, 1.54) is 0 Å².